The number of para-hydroxylation sites is 2. The van der Waals surface area contributed by atoms with E-state index in [0.29, 0.717) is 56.4 Å². The Kier molecular flexibility index (Phi) is 14.2. The third kappa shape index (κ3) is 11.3. The summed E-state index contributed by atoms with van der Waals surface area (Å²) < 4.78 is 13.0. The summed E-state index contributed by atoms with van der Waals surface area (Å²) >= 11 is 0. The number of ether oxygens (including phenoxy) is 2. The summed E-state index contributed by atoms with van der Waals surface area (Å²) in [6.45, 7) is 0. The molecular weight excluding hydrogens is 925 g/mol. The Morgan fingerprint density at radius 3 is 0.829 bits per heavy atom. The zero-order valence-electron chi connectivity index (χ0n) is 41.1. The number of hydrogen-bond donors (Lipinski definition) is 0. The number of Topliss-reactive ketones (excluding diaryl/α,β-unsaturated/α-hetero) is 1. The number of benzene rings is 10. The average molecular weight is 969 g/mol. The van der Waals surface area contributed by atoms with Crippen molar-refractivity contribution in [3.05, 3.63) is 334 Å². The minimum absolute atomic E-state index is 0.158. The maximum Gasteiger partial charge on any atom is 0.195 e. The van der Waals surface area contributed by atoms with Crippen molar-refractivity contribution in [2.75, 3.05) is 0 Å². The molecule has 1 aliphatic rings. The molecule has 0 heterocycles. The van der Waals surface area contributed by atoms with Crippen LogP contribution in [0.3, 0.4) is 0 Å². The van der Waals surface area contributed by atoms with E-state index >= 15 is 4.79 Å². The molecule has 76 heavy (non-hydrogen) atoms. The first-order valence-electron chi connectivity index (χ1n) is 24.9. The highest BCUT2D eigenvalue weighted by Crippen LogP contribution is 2.52. The molecule has 0 amide bonds. The predicted molar refractivity (Wildman–Crippen MR) is 307 cm³/mol. The van der Waals surface area contributed by atoms with Crippen LogP contribution in [0.4, 0.5) is 0 Å². The van der Waals surface area contributed by atoms with E-state index in [-0.39, 0.29) is 5.78 Å². The maximum atomic E-state index is 16.2. The van der Waals surface area contributed by atoms with Gasteiger partial charge in [-0.1, -0.05) is 181 Å². The average Bonchev–Trinajstić information content (AvgIpc) is 3.91. The first-order chi connectivity index (χ1) is 37.6. The summed E-state index contributed by atoms with van der Waals surface area (Å²) in [4.78, 5) is 16.2. The van der Waals surface area contributed by atoms with Gasteiger partial charge in [-0.2, -0.15) is 0 Å². The first kappa shape index (κ1) is 47.5. The van der Waals surface area contributed by atoms with Crippen molar-refractivity contribution in [1.82, 2.24) is 0 Å². The third-order valence-electron chi connectivity index (χ3n) is 12.5. The van der Waals surface area contributed by atoms with Crippen molar-refractivity contribution in [2.24, 2.45) is 0 Å². The van der Waals surface area contributed by atoms with E-state index < -0.39 is 0 Å². The van der Waals surface area contributed by atoms with Gasteiger partial charge in [-0.25, -0.2) is 0 Å². The molecule has 0 radical (unpaired) electrons. The zero-order chi connectivity index (χ0) is 51.3. The van der Waals surface area contributed by atoms with Crippen molar-refractivity contribution >= 4 is 28.1 Å². The van der Waals surface area contributed by atoms with E-state index in [0.717, 1.165) is 55.6 Å². The van der Waals surface area contributed by atoms with E-state index in [1.807, 2.05) is 267 Å². The van der Waals surface area contributed by atoms with Crippen molar-refractivity contribution in [3.8, 4) is 70.4 Å². The van der Waals surface area contributed by atoms with E-state index in [1.54, 1.807) is 0 Å². The van der Waals surface area contributed by atoms with Gasteiger partial charge < -0.3 is 9.47 Å². The topological polar surface area (TPSA) is 35.5 Å². The van der Waals surface area contributed by atoms with Crippen LogP contribution < -0.4 is 9.47 Å². The molecule has 0 saturated heterocycles. The summed E-state index contributed by atoms with van der Waals surface area (Å²) in [6, 6.07) is 86.6. The van der Waals surface area contributed by atoms with Gasteiger partial charge in [0.05, 0.1) is 0 Å². The number of carbonyl (C=O) groups is 1. The second-order valence-corrected chi connectivity index (χ2v) is 17.7. The Morgan fingerprint density at radius 1 is 0.237 bits per heavy atom. The zero-order valence-corrected chi connectivity index (χ0v) is 41.1. The highest BCUT2D eigenvalue weighted by molar-refractivity contribution is 6.59. The summed E-state index contributed by atoms with van der Waals surface area (Å²) in [5, 5.41) is 0. The van der Waals surface area contributed by atoms with Crippen LogP contribution >= 0.6 is 0 Å². The van der Waals surface area contributed by atoms with Crippen molar-refractivity contribution in [3.63, 3.8) is 0 Å². The molecule has 10 aromatic rings. The smallest absolute Gasteiger partial charge is 0.195 e. The third-order valence-corrected chi connectivity index (χ3v) is 12.5. The minimum atomic E-state index is -0.158. The van der Waals surface area contributed by atoms with Crippen molar-refractivity contribution in [2.45, 2.75) is 0 Å². The first-order valence-corrected chi connectivity index (χ1v) is 24.9. The van der Waals surface area contributed by atoms with Crippen molar-refractivity contribution < 1.29 is 14.3 Å². The monoisotopic (exact) mass is 968 g/mol. The van der Waals surface area contributed by atoms with Gasteiger partial charge >= 0.3 is 0 Å². The van der Waals surface area contributed by atoms with Gasteiger partial charge in [0, 0.05) is 66.8 Å². The Balaban J connectivity index is 1.17. The fourth-order valence-electron chi connectivity index (χ4n) is 8.85. The SMILES string of the molecule is O=C1C(c2ccc(C#Cc3ccccc3)cc2)=C(c2ccc(Oc3ccccc3)cc2C#Cc2ccccc2)C(c2ccc(Oc3ccccc3)cc2C#Cc2ccccc2)=C1c1ccc(C#Cc2ccccc2)cc1. The van der Waals surface area contributed by atoms with Gasteiger partial charge in [0.2, 0.25) is 0 Å². The molecule has 0 unspecified atom stereocenters. The molecule has 0 saturated carbocycles. The van der Waals surface area contributed by atoms with Crippen LogP contribution in [-0.2, 0) is 4.79 Å². The summed E-state index contributed by atoms with van der Waals surface area (Å²) in [5.74, 6) is 29.5. The fourth-order valence-corrected chi connectivity index (χ4v) is 8.85. The lowest BCUT2D eigenvalue weighted by Crippen LogP contribution is -2.02. The molecule has 11 rings (SSSR count). The molecular formula is C73H44O3. The molecule has 10 aromatic carbocycles. The quantitative estimate of drug-likeness (QED) is 0.142. The maximum absolute atomic E-state index is 16.2. The Hall–Kier alpha value is -10.8. The van der Waals surface area contributed by atoms with Gasteiger partial charge in [0.25, 0.3) is 0 Å². The Labute approximate surface area is 444 Å². The number of rotatable bonds is 8. The standard InChI is InChI=1S/C73H44O3/c74-73-69(59-41-35-57(36-42-59)33-31-53-19-7-1-8-20-53)71(67-49-47-65(75-63-27-15-5-16-28-63)51-61(67)45-39-55-23-11-3-12-24-55)72(70(73)60-43-37-58(38-44-60)34-32-54-21-9-2-10-22-54)68-50-48-66(76-64-29-17-6-18-30-64)52-62(68)46-40-56-25-13-4-14-26-56/h1-30,35-38,41-44,47-52H. The Morgan fingerprint density at radius 2 is 0.513 bits per heavy atom. The number of ketones is 1. The highest BCUT2D eigenvalue weighted by atomic mass is 16.5. The van der Waals surface area contributed by atoms with E-state index in [1.165, 1.54) is 0 Å². The van der Waals surface area contributed by atoms with Crippen LogP contribution in [-0.4, -0.2) is 5.78 Å². The normalized spacial score (nSPS) is 11.4. The predicted octanol–water partition coefficient (Wildman–Crippen LogP) is 16.0. The lowest BCUT2D eigenvalue weighted by Gasteiger charge is -2.18. The fraction of sp³-hybridized carbons (Fsp3) is 0. The molecule has 0 spiro atoms. The molecule has 0 aliphatic heterocycles. The van der Waals surface area contributed by atoms with Crippen LogP contribution in [0.1, 0.15) is 66.8 Å². The molecule has 0 atom stereocenters. The van der Waals surface area contributed by atoms with Crippen LogP contribution in [0, 0.1) is 47.4 Å². The molecule has 1 aliphatic carbocycles. The lowest BCUT2D eigenvalue weighted by molar-refractivity contribution is -0.108. The molecule has 3 nitrogen and oxygen atoms in total. The van der Waals surface area contributed by atoms with Gasteiger partial charge in [-0.15, -0.1) is 0 Å². The van der Waals surface area contributed by atoms with Gasteiger partial charge in [0.1, 0.15) is 23.0 Å². The largest absolute Gasteiger partial charge is 0.457 e. The second kappa shape index (κ2) is 22.7. The summed E-state index contributed by atoms with van der Waals surface area (Å²) in [6.07, 6.45) is 0. The molecule has 354 valence electrons. The highest BCUT2D eigenvalue weighted by Gasteiger charge is 2.37. The number of allylic oxidation sites excluding steroid dienone is 4. The molecule has 0 aromatic heterocycles. The second-order valence-electron chi connectivity index (χ2n) is 17.7. The molecule has 3 heteroatoms. The Bertz CT molecular complexity index is 3790. The number of hydrogen-bond acceptors (Lipinski definition) is 3. The van der Waals surface area contributed by atoms with Gasteiger partial charge in [0.15, 0.2) is 5.78 Å². The van der Waals surface area contributed by atoms with Crippen LogP contribution in [0.2, 0.25) is 0 Å². The summed E-state index contributed by atoms with van der Waals surface area (Å²) in [7, 11) is 0. The van der Waals surface area contributed by atoms with Crippen LogP contribution in [0.5, 0.6) is 23.0 Å². The van der Waals surface area contributed by atoms with Gasteiger partial charge in [-0.05, 0) is 156 Å². The van der Waals surface area contributed by atoms with Crippen LogP contribution in [0.15, 0.2) is 267 Å². The number of carbonyl (C=O) groups excluding carboxylic acids is 1. The minimum Gasteiger partial charge on any atom is -0.457 e. The molecule has 0 N–H and O–H groups in total. The van der Waals surface area contributed by atoms with Crippen molar-refractivity contribution in [1.29, 1.82) is 0 Å². The molecule has 0 fully saturated rings. The lowest BCUT2D eigenvalue weighted by atomic mass is 9.85. The van der Waals surface area contributed by atoms with Gasteiger partial charge in [-0.3, -0.25) is 4.79 Å². The van der Waals surface area contributed by atoms with E-state index in [4.69, 9.17) is 9.47 Å². The van der Waals surface area contributed by atoms with Crippen LogP contribution in [0.25, 0.3) is 22.3 Å². The molecule has 0 bridgehead atoms. The summed E-state index contributed by atoms with van der Waals surface area (Å²) in [5.41, 5.74) is 11.8. The van der Waals surface area contributed by atoms with E-state index in [9.17, 15) is 0 Å². The van der Waals surface area contributed by atoms with E-state index in [2.05, 4.69) is 47.4 Å².